The molecular weight excluding hydrogens is 315 g/mol. The topological polar surface area (TPSA) is 62.2 Å². The molecule has 4 nitrogen and oxygen atoms in total. The normalized spacial score (nSPS) is 10.5. The fourth-order valence-electron chi connectivity index (χ4n) is 2.12. The maximum absolute atomic E-state index is 13.1. The average molecular weight is 328 g/mol. The molecule has 3 aromatic rings. The number of anilines is 1. The van der Waals surface area contributed by atoms with Gasteiger partial charge in [0.25, 0.3) is 0 Å². The first-order valence-electron chi connectivity index (χ1n) is 6.89. The lowest BCUT2D eigenvalue weighted by Gasteiger charge is -2.02. The lowest BCUT2D eigenvalue weighted by Crippen LogP contribution is -2.14. The molecule has 0 radical (unpaired) electrons. The fourth-order valence-corrected chi connectivity index (χ4v) is 2.86. The Morgan fingerprint density at radius 1 is 1.22 bits per heavy atom. The molecule has 0 saturated heterocycles. The molecule has 0 aliphatic carbocycles. The van der Waals surface area contributed by atoms with Crippen molar-refractivity contribution in [1.29, 1.82) is 0 Å². The first-order valence-corrected chi connectivity index (χ1v) is 7.77. The van der Waals surface area contributed by atoms with Gasteiger partial charge in [0.05, 0.1) is 12.1 Å². The minimum atomic E-state index is -0.365. The predicted molar refractivity (Wildman–Crippen MR) is 87.9 cm³/mol. The van der Waals surface area contributed by atoms with Gasteiger partial charge < -0.3 is 10.4 Å². The molecule has 2 N–H and O–H groups in total. The molecule has 6 heteroatoms. The van der Waals surface area contributed by atoms with Crippen molar-refractivity contribution < 1.29 is 14.3 Å². The summed E-state index contributed by atoms with van der Waals surface area (Å²) < 4.78 is 13.1. The van der Waals surface area contributed by atoms with Crippen LogP contribution in [0.15, 0.2) is 53.9 Å². The number of rotatable bonds is 4. The number of hydrogen-bond donors (Lipinski definition) is 2. The third-order valence-electron chi connectivity index (χ3n) is 3.15. The standard InChI is InChI=1S/C17H13FN2O2S/c18-13-5-1-3-11(7-13)8-16(22)20-17-19-15(10-23-17)12-4-2-6-14(21)9-12/h1-7,9-10,21H,8H2,(H,19,20,22). The second-order valence-electron chi connectivity index (χ2n) is 4.94. The lowest BCUT2D eigenvalue weighted by atomic mass is 10.1. The second kappa shape index (κ2) is 6.58. The summed E-state index contributed by atoms with van der Waals surface area (Å²) in [6.07, 6.45) is 0.0821. The number of nitrogens with zero attached hydrogens (tertiary/aromatic N) is 1. The van der Waals surface area contributed by atoms with Crippen molar-refractivity contribution in [3.05, 3.63) is 65.3 Å². The number of benzene rings is 2. The van der Waals surface area contributed by atoms with Crippen molar-refractivity contribution in [2.24, 2.45) is 0 Å². The summed E-state index contributed by atoms with van der Waals surface area (Å²) in [6.45, 7) is 0. The zero-order valence-corrected chi connectivity index (χ0v) is 12.8. The molecule has 1 amide bonds. The van der Waals surface area contributed by atoms with E-state index in [0.29, 0.717) is 16.4 Å². The van der Waals surface area contributed by atoms with E-state index < -0.39 is 0 Å². The van der Waals surface area contributed by atoms with Crippen molar-refractivity contribution in [1.82, 2.24) is 4.98 Å². The SMILES string of the molecule is O=C(Cc1cccc(F)c1)Nc1nc(-c2cccc(O)c2)cs1. The third kappa shape index (κ3) is 3.92. The van der Waals surface area contributed by atoms with Gasteiger partial charge in [-0.05, 0) is 29.8 Å². The highest BCUT2D eigenvalue weighted by atomic mass is 32.1. The van der Waals surface area contributed by atoms with E-state index in [1.807, 2.05) is 6.07 Å². The van der Waals surface area contributed by atoms with Crippen LogP contribution in [-0.4, -0.2) is 16.0 Å². The minimum absolute atomic E-state index is 0.0821. The largest absolute Gasteiger partial charge is 0.508 e. The van der Waals surface area contributed by atoms with Crippen LogP contribution in [0.5, 0.6) is 5.75 Å². The Morgan fingerprint density at radius 2 is 2.04 bits per heavy atom. The van der Waals surface area contributed by atoms with Crippen LogP contribution in [0.1, 0.15) is 5.56 Å². The van der Waals surface area contributed by atoms with Gasteiger partial charge in [-0.2, -0.15) is 0 Å². The van der Waals surface area contributed by atoms with Crippen LogP contribution >= 0.6 is 11.3 Å². The van der Waals surface area contributed by atoms with Crippen molar-refractivity contribution in [3.8, 4) is 17.0 Å². The zero-order chi connectivity index (χ0) is 16.2. The Morgan fingerprint density at radius 3 is 2.83 bits per heavy atom. The molecule has 0 aliphatic heterocycles. The maximum atomic E-state index is 13.1. The Labute approximate surface area is 136 Å². The molecule has 23 heavy (non-hydrogen) atoms. The van der Waals surface area contributed by atoms with Crippen LogP contribution in [-0.2, 0) is 11.2 Å². The number of phenols is 1. The summed E-state index contributed by atoms with van der Waals surface area (Å²) in [5, 5.41) is 14.4. The molecule has 0 aliphatic rings. The van der Waals surface area contributed by atoms with Gasteiger partial charge >= 0.3 is 0 Å². The summed E-state index contributed by atoms with van der Waals surface area (Å²) in [4.78, 5) is 16.3. The van der Waals surface area contributed by atoms with Gasteiger partial charge in [-0.3, -0.25) is 4.79 Å². The molecular formula is C17H13FN2O2S. The van der Waals surface area contributed by atoms with Crippen LogP contribution in [0.3, 0.4) is 0 Å². The van der Waals surface area contributed by atoms with Crippen LogP contribution in [0, 0.1) is 5.82 Å². The number of aromatic hydroxyl groups is 1. The monoisotopic (exact) mass is 328 g/mol. The van der Waals surface area contributed by atoms with E-state index in [-0.39, 0.29) is 23.9 Å². The van der Waals surface area contributed by atoms with E-state index in [4.69, 9.17) is 0 Å². The molecule has 116 valence electrons. The Balaban J connectivity index is 1.68. The number of thiazole rings is 1. The molecule has 0 atom stereocenters. The van der Waals surface area contributed by atoms with Crippen LogP contribution in [0.4, 0.5) is 9.52 Å². The number of carbonyl (C=O) groups is 1. The van der Waals surface area contributed by atoms with Gasteiger partial charge in [0.1, 0.15) is 11.6 Å². The quantitative estimate of drug-likeness (QED) is 0.765. The van der Waals surface area contributed by atoms with Crippen LogP contribution in [0.25, 0.3) is 11.3 Å². The predicted octanol–water partition coefficient (Wildman–Crippen LogP) is 3.84. The van der Waals surface area contributed by atoms with E-state index in [0.717, 1.165) is 5.56 Å². The van der Waals surface area contributed by atoms with Crippen molar-refractivity contribution in [3.63, 3.8) is 0 Å². The molecule has 2 aromatic carbocycles. The van der Waals surface area contributed by atoms with Crippen molar-refractivity contribution >= 4 is 22.4 Å². The third-order valence-corrected chi connectivity index (χ3v) is 3.90. The average Bonchev–Trinajstić information content (AvgIpc) is 2.95. The first-order chi connectivity index (χ1) is 11.1. The molecule has 1 aromatic heterocycles. The van der Waals surface area contributed by atoms with Gasteiger partial charge in [0, 0.05) is 10.9 Å². The highest BCUT2D eigenvalue weighted by Gasteiger charge is 2.09. The van der Waals surface area contributed by atoms with E-state index in [1.54, 1.807) is 35.7 Å². The van der Waals surface area contributed by atoms with Crippen molar-refractivity contribution in [2.75, 3.05) is 5.32 Å². The van der Waals surface area contributed by atoms with Crippen molar-refractivity contribution in [2.45, 2.75) is 6.42 Å². The minimum Gasteiger partial charge on any atom is -0.508 e. The van der Waals surface area contributed by atoms with Gasteiger partial charge in [0.15, 0.2) is 5.13 Å². The maximum Gasteiger partial charge on any atom is 0.230 e. The molecule has 3 rings (SSSR count). The van der Waals surface area contributed by atoms with E-state index in [2.05, 4.69) is 10.3 Å². The molecule has 0 saturated carbocycles. The highest BCUT2D eigenvalue weighted by molar-refractivity contribution is 7.14. The Hall–Kier alpha value is -2.73. The summed E-state index contributed by atoms with van der Waals surface area (Å²) >= 11 is 1.29. The highest BCUT2D eigenvalue weighted by Crippen LogP contribution is 2.27. The molecule has 0 spiro atoms. The number of hydrogen-bond acceptors (Lipinski definition) is 4. The number of amides is 1. The van der Waals surface area contributed by atoms with Crippen LogP contribution < -0.4 is 5.32 Å². The Kier molecular flexibility index (Phi) is 4.34. The first kappa shape index (κ1) is 15.2. The number of aromatic nitrogens is 1. The zero-order valence-electron chi connectivity index (χ0n) is 12.0. The van der Waals surface area contributed by atoms with Gasteiger partial charge in [0.2, 0.25) is 5.91 Å². The summed E-state index contributed by atoms with van der Waals surface area (Å²) in [6, 6.07) is 12.7. The van der Waals surface area contributed by atoms with Crippen LogP contribution in [0.2, 0.25) is 0 Å². The second-order valence-corrected chi connectivity index (χ2v) is 5.80. The van der Waals surface area contributed by atoms with E-state index >= 15 is 0 Å². The lowest BCUT2D eigenvalue weighted by molar-refractivity contribution is -0.115. The van der Waals surface area contributed by atoms with E-state index in [9.17, 15) is 14.3 Å². The van der Waals surface area contributed by atoms with Gasteiger partial charge in [-0.25, -0.2) is 9.37 Å². The Bertz CT molecular complexity index is 848. The number of carbonyl (C=O) groups excluding carboxylic acids is 1. The molecule has 1 heterocycles. The molecule has 0 unspecified atom stereocenters. The smallest absolute Gasteiger partial charge is 0.230 e. The summed E-state index contributed by atoms with van der Waals surface area (Å²) in [5.41, 5.74) is 2.05. The summed E-state index contributed by atoms with van der Waals surface area (Å²) in [7, 11) is 0. The van der Waals surface area contributed by atoms with E-state index in [1.165, 1.54) is 23.5 Å². The summed E-state index contributed by atoms with van der Waals surface area (Å²) in [5.74, 6) is -0.463. The van der Waals surface area contributed by atoms with Gasteiger partial charge in [-0.1, -0.05) is 24.3 Å². The molecule has 0 fully saturated rings. The number of phenolic OH excluding ortho intramolecular Hbond substituents is 1. The number of halogens is 1. The fraction of sp³-hybridized carbons (Fsp3) is 0.0588. The van der Waals surface area contributed by atoms with Gasteiger partial charge in [-0.15, -0.1) is 11.3 Å². The molecule has 0 bridgehead atoms. The number of nitrogens with one attached hydrogen (secondary N) is 1.